The van der Waals surface area contributed by atoms with Crippen LogP contribution in [0.15, 0.2) is 12.3 Å². The Bertz CT molecular complexity index is 381. The van der Waals surface area contributed by atoms with Crippen molar-refractivity contribution in [1.29, 1.82) is 0 Å². The summed E-state index contributed by atoms with van der Waals surface area (Å²) in [4.78, 5) is 4.37. The molecule has 0 saturated heterocycles. The lowest BCUT2D eigenvalue weighted by atomic mass is 9.83. The molecule has 0 unspecified atom stereocenters. The molecular formula is C14H23N3. The second-order valence-electron chi connectivity index (χ2n) is 5.34. The predicted octanol–water partition coefficient (Wildman–Crippen LogP) is 3.35. The number of hydrogen-bond donors (Lipinski definition) is 2. The second kappa shape index (κ2) is 4.94. The predicted molar refractivity (Wildman–Crippen MR) is 73.1 cm³/mol. The second-order valence-corrected chi connectivity index (χ2v) is 5.34. The van der Waals surface area contributed by atoms with Crippen molar-refractivity contribution >= 4 is 11.5 Å². The van der Waals surface area contributed by atoms with Crippen molar-refractivity contribution in [1.82, 2.24) is 4.98 Å². The van der Waals surface area contributed by atoms with E-state index in [1.807, 2.05) is 19.2 Å². The summed E-state index contributed by atoms with van der Waals surface area (Å²) in [6.07, 6.45) is 8.53. The van der Waals surface area contributed by atoms with Gasteiger partial charge in [0.25, 0.3) is 0 Å². The minimum absolute atomic E-state index is 0.487. The third-order valence-electron chi connectivity index (χ3n) is 4.20. The van der Waals surface area contributed by atoms with Crippen molar-refractivity contribution in [3.05, 3.63) is 17.8 Å². The van der Waals surface area contributed by atoms with Gasteiger partial charge < -0.3 is 11.1 Å². The Labute approximate surface area is 104 Å². The normalized spacial score (nSPS) is 18.2. The maximum atomic E-state index is 5.89. The van der Waals surface area contributed by atoms with Crippen LogP contribution in [0.25, 0.3) is 0 Å². The molecule has 0 aromatic carbocycles. The van der Waals surface area contributed by atoms with Gasteiger partial charge in [-0.2, -0.15) is 0 Å². The Morgan fingerprint density at radius 1 is 1.41 bits per heavy atom. The van der Waals surface area contributed by atoms with E-state index in [0.717, 1.165) is 23.6 Å². The SMILES string of the molecule is CCC1(CNc2cc(N)c(C)cn2)CCCC1. The topological polar surface area (TPSA) is 50.9 Å². The molecule has 3 heteroatoms. The van der Waals surface area contributed by atoms with Crippen LogP contribution in [-0.2, 0) is 0 Å². The third-order valence-corrected chi connectivity index (χ3v) is 4.20. The van der Waals surface area contributed by atoms with Gasteiger partial charge in [-0.25, -0.2) is 4.98 Å². The molecule has 0 spiro atoms. The molecule has 3 nitrogen and oxygen atoms in total. The highest BCUT2D eigenvalue weighted by molar-refractivity contribution is 5.53. The molecule has 1 aromatic rings. The summed E-state index contributed by atoms with van der Waals surface area (Å²) in [5, 5.41) is 3.46. The van der Waals surface area contributed by atoms with Crippen molar-refractivity contribution in [2.45, 2.75) is 46.0 Å². The van der Waals surface area contributed by atoms with E-state index in [4.69, 9.17) is 5.73 Å². The molecule has 17 heavy (non-hydrogen) atoms. The first kappa shape index (κ1) is 12.2. The van der Waals surface area contributed by atoms with E-state index >= 15 is 0 Å². The molecule has 3 N–H and O–H groups in total. The van der Waals surface area contributed by atoms with E-state index in [1.54, 1.807) is 0 Å². The van der Waals surface area contributed by atoms with E-state index in [1.165, 1.54) is 32.1 Å². The van der Waals surface area contributed by atoms with Crippen molar-refractivity contribution in [2.75, 3.05) is 17.6 Å². The van der Waals surface area contributed by atoms with Crippen LogP contribution in [0.3, 0.4) is 0 Å². The van der Waals surface area contributed by atoms with Gasteiger partial charge in [0.1, 0.15) is 5.82 Å². The van der Waals surface area contributed by atoms with E-state index < -0.39 is 0 Å². The summed E-state index contributed by atoms with van der Waals surface area (Å²) < 4.78 is 0. The monoisotopic (exact) mass is 233 g/mol. The Kier molecular flexibility index (Phi) is 3.55. The first-order valence-corrected chi connectivity index (χ1v) is 6.61. The van der Waals surface area contributed by atoms with Crippen LogP contribution >= 0.6 is 0 Å². The summed E-state index contributed by atoms with van der Waals surface area (Å²) in [6, 6.07) is 1.94. The number of nitrogens with two attached hydrogens (primary N) is 1. The molecule has 1 aromatic heterocycles. The number of anilines is 2. The Hall–Kier alpha value is -1.25. The molecule has 0 atom stereocenters. The first-order valence-electron chi connectivity index (χ1n) is 6.61. The maximum absolute atomic E-state index is 5.89. The van der Waals surface area contributed by atoms with Crippen LogP contribution in [0.1, 0.15) is 44.6 Å². The molecule has 0 radical (unpaired) electrons. The number of pyridine rings is 1. The van der Waals surface area contributed by atoms with E-state index in [0.29, 0.717) is 5.41 Å². The molecule has 1 aliphatic carbocycles. The highest BCUT2D eigenvalue weighted by Crippen LogP contribution is 2.40. The van der Waals surface area contributed by atoms with E-state index in [9.17, 15) is 0 Å². The minimum Gasteiger partial charge on any atom is -0.398 e. The average molecular weight is 233 g/mol. The molecule has 1 fully saturated rings. The van der Waals surface area contributed by atoms with Crippen LogP contribution < -0.4 is 11.1 Å². The standard InChI is InChI=1S/C14H23N3/c1-3-14(6-4-5-7-14)10-17-13-8-12(15)11(2)9-16-13/h8-9H,3-7,10H2,1-2H3,(H3,15,16,17). The van der Waals surface area contributed by atoms with Gasteiger partial charge >= 0.3 is 0 Å². The molecular weight excluding hydrogens is 210 g/mol. The molecule has 0 aliphatic heterocycles. The zero-order chi connectivity index (χ0) is 12.3. The quantitative estimate of drug-likeness (QED) is 0.838. The van der Waals surface area contributed by atoms with Gasteiger partial charge in [0, 0.05) is 24.5 Å². The van der Waals surface area contributed by atoms with Gasteiger partial charge in [-0.15, -0.1) is 0 Å². The molecule has 1 aliphatic rings. The van der Waals surface area contributed by atoms with Gasteiger partial charge in [-0.05, 0) is 37.2 Å². The molecule has 2 rings (SSSR count). The Balaban J connectivity index is 1.99. The smallest absolute Gasteiger partial charge is 0.127 e. The Morgan fingerprint density at radius 3 is 2.71 bits per heavy atom. The van der Waals surface area contributed by atoms with Gasteiger partial charge in [-0.3, -0.25) is 0 Å². The van der Waals surface area contributed by atoms with Crippen LogP contribution in [-0.4, -0.2) is 11.5 Å². The van der Waals surface area contributed by atoms with Gasteiger partial charge in [0.2, 0.25) is 0 Å². The van der Waals surface area contributed by atoms with Crippen LogP contribution in [0, 0.1) is 12.3 Å². The molecule has 1 saturated carbocycles. The minimum atomic E-state index is 0.487. The van der Waals surface area contributed by atoms with E-state index in [-0.39, 0.29) is 0 Å². The van der Waals surface area contributed by atoms with Crippen LogP contribution in [0.2, 0.25) is 0 Å². The first-order chi connectivity index (χ1) is 8.15. The van der Waals surface area contributed by atoms with Gasteiger partial charge in [-0.1, -0.05) is 19.8 Å². The van der Waals surface area contributed by atoms with Crippen molar-refractivity contribution in [3.63, 3.8) is 0 Å². The fourth-order valence-corrected chi connectivity index (χ4v) is 2.69. The largest absolute Gasteiger partial charge is 0.398 e. The van der Waals surface area contributed by atoms with Crippen molar-refractivity contribution < 1.29 is 0 Å². The fraction of sp³-hybridized carbons (Fsp3) is 0.643. The summed E-state index contributed by atoms with van der Waals surface area (Å²) in [7, 11) is 0. The third kappa shape index (κ3) is 2.71. The lowest BCUT2D eigenvalue weighted by molar-refractivity contribution is 0.306. The summed E-state index contributed by atoms with van der Waals surface area (Å²) in [5.41, 5.74) is 8.24. The lowest BCUT2D eigenvalue weighted by Gasteiger charge is -2.28. The summed E-state index contributed by atoms with van der Waals surface area (Å²) in [5.74, 6) is 0.910. The maximum Gasteiger partial charge on any atom is 0.127 e. The van der Waals surface area contributed by atoms with Crippen molar-refractivity contribution in [2.24, 2.45) is 5.41 Å². The zero-order valence-corrected chi connectivity index (χ0v) is 10.9. The Morgan fingerprint density at radius 2 is 2.12 bits per heavy atom. The molecule has 0 bridgehead atoms. The average Bonchev–Trinajstić information content (AvgIpc) is 2.80. The number of rotatable bonds is 4. The van der Waals surface area contributed by atoms with Crippen LogP contribution in [0.5, 0.6) is 0 Å². The number of nitrogen functional groups attached to an aromatic ring is 1. The van der Waals surface area contributed by atoms with Crippen molar-refractivity contribution in [3.8, 4) is 0 Å². The number of nitrogens with one attached hydrogen (secondary N) is 1. The number of nitrogens with zero attached hydrogens (tertiary/aromatic N) is 1. The van der Waals surface area contributed by atoms with Crippen LogP contribution in [0.4, 0.5) is 11.5 Å². The number of aromatic nitrogens is 1. The molecule has 94 valence electrons. The summed E-state index contributed by atoms with van der Waals surface area (Å²) in [6.45, 7) is 5.31. The molecule has 1 heterocycles. The highest BCUT2D eigenvalue weighted by Gasteiger charge is 2.31. The number of hydrogen-bond acceptors (Lipinski definition) is 3. The lowest BCUT2D eigenvalue weighted by Crippen LogP contribution is -2.26. The number of aryl methyl sites for hydroxylation is 1. The zero-order valence-electron chi connectivity index (χ0n) is 10.9. The van der Waals surface area contributed by atoms with E-state index in [2.05, 4.69) is 17.2 Å². The van der Waals surface area contributed by atoms with Gasteiger partial charge in [0.15, 0.2) is 0 Å². The van der Waals surface area contributed by atoms with Gasteiger partial charge in [0.05, 0.1) is 0 Å². The molecule has 0 amide bonds. The summed E-state index contributed by atoms with van der Waals surface area (Å²) >= 11 is 0. The fourth-order valence-electron chi connectivity index (χ4n) is 2.69. The highest BCUT2D eigenvalue weighted by atomic mass is 15.0.